The fourth-order valence-electron chi connectivity index (χ4n) is 2.50. The number of benzene rings is 3. The van der Waals surface area contributed by atoms with Gasteiger partial charge >= 0.3 is 0 Å². The van der Waals surface area contributed by atoms with E-state index in [1.165, 1.54) is 0 Å². The lowest BCUT2D eigenvalue weighted by Crippen LogP contribution is -2.37. The van der Waals surface area contributed by atoms with Gasteiger partial charge in [0.25, 0.3) is 5.91 Å². The molecule has 0 aliphatic rings. The SMILES string of the molecule is O=C(CNC(=O)c1ccc(Oc2ccccc2)cc1)NCCSc1ccccc1. The molecule has 0 aliphatic carbocycles. The van der Waals surface area contributed by atoms with E-state index in [0.29, 0.717) is 17.9 Å². The molecule has 3 rings (SSSR count). The molecular weight excluding hydrogens is 384 g/mol. The molecule has 0 heterocycles. The topological polar surface area (TPSA) is 67.4 Å². The van der Waals surface area contributed by atoms with Crippen molar-refractivity contribution in [3.63, 3.8) is 0 Å². The maximum atomic E-state index is 12.2. The van der Waals surface area contributed by atoms with Crippen LogP contribution in [0.15, 0.2) is 89.8 Å². The molecule has 0 radical (unpaired) electrons. The zero-order chi connectivity index (χ0) is 20.3. The molecule has 0 fully saturated rings. The van der Waals surface area contributed by atoms with E-state index in [-0.39, 0.29) is 18.4 Å². The lowest BCUT2D eigenvalue weighted by atomic mass is 10.2. The van der Waals surface area contributed by atoms with Crippen molar-refractivity contribution in [2.45, 2.75) is 4.90 Å². The second-order valence-corrected chi connectivity index (χ2v) is 7.30. The third kappa shape index (κ3) is 7.01. The van der Waals surface area contributed by atoms with Crippen molar-refractivity contribution in [1.29, 1.82) is 0 Å². The van der Waals surface area contributed by atoms with Gasteiger partial charge in [0, 0.05) is 22.8 Å². The van der Waals surface area contributed by atoms with Crippen LogP contribution in [0.5, 0.6) is 11.5 Å². The van der Waals surface area contributed by atoms with Crippen molar-refractivity contribution in [1.82, 2.24) is 10.6 Å². The second-order valence-electron chi connectivity index (χ2n) is 6.13. The van der Waals surface area contributed by atoms with Gasteiger partial charge in [-0.25, -0.2) is 0 Å². The summed E-state index contributed by atoms with van der Waals surface area (Å²) in [5.74, 6) is 1.63. The Hall–Kier alpha value is -3.25. The highest BCUT2D eigenvalue weighted by Crippen LogP contribution is 2.21. The van der Waals surface area contributed by atoms with E-state index in [4.69, 9.17) is 4.74 Å². The van der Waals surface area contributed by atoms with Gasteiger partial charge in [-0.15, -0.1) is 11.8 Å². The monoisotopic (exact) mass is 406 g/mol. The molecule has 0 aliphatic heterocycles. The van der Waals surface area contributed by atoms with Crippen LogP contribution in [0.1, 0.15) is 10.4 Å². The Morgan fingerprint density at radius 2 is 1.38 bits per heavy atom. The van der Waals surface area contributed by atoms with Crippen LogP contribution < -0.4 is 15.4 Å². The summed E-state index contributed by atoms with van der Waals surface area (Å²) >= 11 is 1.67. The Kier molecular flexibility index (Phi) is 7.72. The maximum absolute atomic E-state index is 12.2. The second kappa shape index (κ2) is 10.9. The smallest absolute Gasteiger partial charge is 0.251 e. The lowest BCUT2D eigenvalue weighted by Gasteiger charge is -2.08. The number of thioether (sulfide) groups is 1. The summed E-state index contributed by atoms with van der Waals surface area (Å²) < 4.78 is 5.70. The molecule has 0 saturated heterocycles. The van der Waals surface area contributed by atoms with Crippen molar-refractivity contribution in [3.05, 3.63) is 90.5 Å². The van der Waals surface area contributed by atoms with Crippen molar-refractivity contribution >= 4 is 23.6 Å². The average Bonchev–Trinajstić information content (AvgIpc) is 2.77. The third-order valence-electron chi connectivity index (χ3n) is 3.94. The minimum atomic E-state index is -0.301. The number of para-hydroxylation sites is 1. The molecule has 2 amide bonds. The molecule has 0 aromatic heterocycles. The summed E-state index contributed by atoms with van der Waals surface area (Å²) in [6, 6.07) is 26.2. The quantitative estimate of drug-likeness (QED) is 0.414. The molecule has 2 N–H and O–H groups in total. The summed E-state index contributed by atoms with van der Waals surface area (Å²) in [6.07, 6.45) is 0. The summed E-state index contributed by atoms with van der Waals surface area (Å²) in [5.41, 5.74) is 0.470. The molecule has 0 saturated carbocycles. The van der Waals surface area contributed by atoms with Crippen LogP contribution in [-0.4, -0.2) is 30.7 Å². The predicted molar refractivity (Wildman–Crippen MR) is 115 cm³/mol. The van der Waals surface area contributed by atoms with Crippen molar-refractivity contribution in [3.8, 4) is 11.5 Å². The highest BCUT2D eigenvalue weighted by Gasteiger charge is 2.08. The van der Waals surface area contributed by atoms with E-state index in [1.807, 2.05) is 60.7 Å². The Labute approximate surface area is 174 Å². The van der Waals surface area contributed by atoms with E-state index in [1.54, 1.807) is 36.0 Å². The molecule has 5 nitrogen and oxygen atoms in total. The minimum Gasteiger partial charge on any atom is -0.457 e. The van der Waals surface area contributed by atoms with E-state index >= 15 is 0 Å². The molecule has 0 atom stereocenters. The number of hydrogen-bond acceptors (Lipinski definition) is 4. The van der Waals surface area contributed by atoms with E-state index in [2.05, 4.69) is 10.6 Å². The van der Waals surface area contributed by atoms with Crippen LogP contribution in [0.4, 0.5) is 0 Å². The highest BCUT2D eigenvalue weighted by atomic mass is 32.2. The van der Waals surface area contributed by atoms with E-state index in [0.717, 1.165) is 16.4 Å². The highest BCUT2D eigenvalue weighted by molar-refractivity contribution is 7.99. The van der Waals surface area contributed by atoms with Crippen LogP contribution in [0.3, 0.4) is 0 Å². The molecule has 0 unspecified atom stereocenters. The molecule has 3 aromatic rings. The zero-order valence-electron chi connectivity index (χ0n) is 15.8. The number of carbonyl (C=O) groups excluding carboxylic acids is 2. The molecule has 29 heavy (non-hydrogen) atoms. The van der Waals surface area contributed by atoms with Gasteiger partial charge in [-0.2, -0.15) is 0 Å². The van der Waals surface area contributed by atoms with Gasteiger partial charge < -0.3 is 15.4 Å². The van der Waals surface area contributed by atoms with Gasteiger partial charge in [0.15, 0.2) is 0 Å². The maximum Gasteiger partial charge on any atom is 0.251 e. The molecule has 3 aromatic carbocycles. The van der Waals surface area contributed by atoms with E-state index in [9.17, 15) is 9.59 Å². The number of nitrogens with one attached hydrogen (secondary N) is 2. The first-order valence-electron chi connectivity index (χ1n) is 9.26. The number of ether oxygens (including phenoxy) is 1. The predicted octanol–water partition coefficient (Wildman–Crippen LogP) is 4.12. The largest absolute Gasteiger partial charge is 0.457 e. The van der Waals surface area contributed by atoms with Crippen LogP contribution in [0, 0.1) is 0 Å². The lowest BCUT2D eigenvalue weighted by molar-refractivity contribution is -0.120. The normalized spacial score (nSPS) is 10.2. The van der Waals surface area contributed by atoms with Gasteiger partial charge in [0.05, 0.1) is 6.54 Å². The van der Waals surface area contributed by atoms with E-state index < -0.39 is 0 Å². The Morgan fingerprint density at radius 3 is 2.07 bits per heavy atom. The Bertz CT molecular complexity index is 916. The van der Waals surface area contributed by atoms with Crippen LogP contribution >= 0.6 is 11.8 Å². The molecule has 0 spiro atoms. The number of carbonyl (C=O) groups is 2. The molecule has 148 valence electrons. The average molecular weight is 407 g/mol. The van der Waals surface area contributed by atoms with Gasteiger partial charge in [-0.05, 0) is 48.5 Å². The van der Waals surface area contributed by atoms with Gasteiger partial charge in [-0.3, -0.25) is 9.59 Å². The van der Waals surface area contributed by atoms with Crippen molar-refractivity contribution in [2.24, 2.45) is 0 Å². The first kappa shape index (κ1) is 20.5. The minimum absolute atomic E-state index is 0.0584. The number of amides is 2. The van der Waals surface area contributed by atoms with Crippen LogP contribution in [-0.2, 0) is 4.79 Å². The van der Waals surface area contributed by atoms with Crippen LogP contribution in [0.2, 0.25) is 0 Å². The fraction of sp³-hybridized carbons (Fsp3) is 0.130. The first-order chi connectivity index (χ1) is 14.2. The van der Waals surface area contributed by atoms with Gasteiger partial charge in [-0.1, -0.05) is 36.4 Å². The summed E-state index contributed by atoms with van der Waals surface area (Å²) in [7, 11) is 0. The summed E-state index contributed by atoms with van der Waals surface area (Å²) in [6.45, 7) is 0.483. The third-order valence-corrected chi connectivity index (χ3v) is 4.95. The zero-order valence-corrected chi connectivity index (χ0v) is 16.7. The molecule has 0 bridgehead atoms. The van der Waals surface area contributed by atoms with Gasteiger partial charge in [0.2, 0.25) is 5.91 Å². The molecule has 6 heteroatoms. The van der Waals surface area contributed by atoms with Crippen molar-refractivity contribution < 1.29 is 14.3 Å². The first-order valence-corrected chi connectivity index (χ1v) is 10.2. The fourth-order valence-corrected chi connectivity index (χ4v) is 3.29. The number of rotatable bonds is 9. The van der Waals surface area contributed by atoms with Crippen molar-refractivity contribution in [2.75, 3.05) is 18.8 Å². The Balaban J connectivity index is 1.36. The van der Waals surface area contributed by atoms with Gasteiger partial charge in [0.1, 0.15) is 11.5 Å². The standard InChI is InChI=1S/C23H22N2O3S/c26-22(24-15-16-29-21-9-5-2-6-10-21)17-25-23(27)18-11-13-20(14-12-18)28-19-7-3-1-4-8-19/h1-14H,15-17H2,(H,24,26)(H,25,27). The number of hydrogen-bond donors (Lipinski definition) is 2. The summed E-state index contributed by atoms with van der Waals surface area (Å²) in [5, 5.41) is 5.43. The summed E-state index contributed by atoms with van der Waals surface area (Å²) in [4.78, 5) is 25.3. The van der Waals surface area contributed by atoms with Crippen LogP contribution in [0.25, 0.3) is 0 Å². The molecular formula is C23H22N2O3S. The Morgan fingerprint density at radius 1 is 0.759 bits per heavy atom.